The van der Waals surface area contributed by atoms with E-state index < -0.39 is 0 Å². The highest BCUT2D eigenvalue weighted by molar-refractivity contribution is 5.06. The van der Waals surface area contributed by atoms with Crippen molar-refractivity contribution >= 4 is 0 Å². The Morgan fingerprint density at radius 3 is 2.67 bits per heavy atom. The molecule has 3 heteroatoms. The van der Waals surface area contributed by atoms with Gasteiger partial charge in [0.2, 0.25) is 0 Å². The zero-order chi connectivity index (χ0) is 15.1. The van der Waals surface area contributed by atoms with Crippen LogP contribution in [0.5, 0.6) is 0 Å². The van der Waals surface area contributed by atoms with E-state index in [2.05, 4.69) is 30.1 Å². The number of nitrogens with one attached hydrogen (secondary N) is 1. The predicted molar refractivity (Wildman–Crippen MR) is 88.1 cm³/mol. The summed E-state index contributed by atoms with van der Waals surface area (Å²) >= 11 is 0. The molecular formula is C18H33N3. The molecule has 21 heavy (non-hydrogen) atoms. The van der Waals surface area contributed by atoms with E-state index in [1.165, 1.54) is 51.6 Å². The highest BCUT2D eigenvalue weighted by atomic mass is 15.2. The molecule has 0 aromatic heterocycles. The van der Waals surface area contributed by atoms with Crippen molar-refractivity contribution in [2.45, 2.75) is 83.2 Å². The number of nitrogens with zero attached hydrogens (tertiary/aromatic N) is 2. The molecule has 0 bridgehead atoms. The average Bonchev–Trinajstić information content (AvgIpc) is 2.54. The van der Waals surface area contributed by atoms with Crippen LogP contribution in [0.2, 0.25) is 0 Å². The first kappa shape index (κ1) is 16.8. The first-order valence-electron chi connectivity index (χ1n) is 9.15. The van der Waals surface area contributed by atoms with Gasteiger partial charge < -0.3 is 4.90 Å². The minimum Gasteiger partial charge on any atom is -0.300 e. The summed E-state index contributed by atoms with van der Waals surface area (Å²) in [6.45, 7) is 7.59. The fraction of sp³-hybridized carbons (Fsp3) is 0.944. The Labute approximate surface area is 131 Å². The van der Waals surface area contributed by atoms with Gasteiger partial charge in [-0.05, 0) is 70.5 Å². The van der Waals surface area contributed by atoms with Crippen LogP contribution in [-0.2, 0) is 0 Å². The van der Waals surface area contributed by atoms with E-state index in [4.69, 9.17) is 0 Å². The van der Waals surface area contributed by atoms with Gasteiger partial charge in [0.05, 0.1) is 6.07 Å². The molecule has 0 aromatic carbocycles. The van der Waals surface area contributed by atoms with E-state index in [9.17, 15) is 5.26 Å². The van der Waals surface area contributed by atoms with Gasteiger partial charge in [-0.15, -0.1) is 0 Å². The number of fused-ring (bicyclic) bond motifs is 1. The van der Waals surface area contributed by atoms with E-state index in [1.807, 2.05) is 0 Å². The summed E-state index contributed by atoms with van der Waals surface area (Å²) in [6, 6.07) is 3.38. The van der Waals surface area contributed by atoms with E-state index in [0.717, 1.165) is 37.8 Å². The van der Waals surface area contributed by atoms with Crippen LogP contribution in [-0.4, -0.2) is 36.1 Å². The van der Waals surface area contributed by atoms with E-state index in [-0.39, 0.29) is 5.54 Å². The summed E-state index contributed by atoms with van der Waals surface area (Å²) in [5, 5.41) is 12.9. The first-order chi connectivity index (χ1) is 10.2. The van der Waals surface area contributed by atoms with Crippen molar-refractivity contribution in [3.63, 3.8) is 0 Å². The summed E-state index contributed by atoms with van der Waals surface area (Å²) in [5.74, 6) is 0.966. The lowest BCUT2D eigenvalue weighted by atomic mass is 9.78. The Kier molecular flexibility index (Phi) is 6.51. The van der Waals surface area contributed by atoms with Crippen LogP contribution in [0.4, 0.5) is 0 Å². The van der Waals surface area contributed by atoms with Gasteiger partial charge in [0.1, 0.15) is 5.54 Å². The highest BCUT2D eigenvalue weighted by Gasteiger charge is 2.33. The van der Waals surface area contributed by atoms with Gasteiger partial charge in [-0.3, -0.25) is 5.32 Å². The molecule has 2 aliphatic rings. The molecule has 2 rings (SSSR count). The van der Waals surface area contributed by atoms with Gasteiger partial charge in [0, 0.05) is 6.04 Å². The molecule has 1 saturated carbocycles. The number of rotatable bonds is 7. The Morgan fingerprint density at radius 2 is 1.95 bits per heavy atom. The summed E-state index contributed by atoms with van der Waals surface area (Å²) in [5.41, 5.74) is -0.295. The van der Waals surface area contributed by atoms with Gasteiger partial charge in [0.25, 0.3) is 0 Å². The van der Waals surface area contributed by atoms with Crippen molar-refractivity contribution in [3.8, 4) is 6.07 Å². The molecule has 0 spiro atoms. The minimum atomic E-state index is -0.295. The third kappa shape index (κ3) is 4.20. The van der Waals surface area contributed by atoms with E-state index >= 15 is 0 Å². The van der Waals surface area contributed by atoms with Crippen LogP contribution >= 0.6 is 0 Å². The van der Waals surface area contributed by atoms with Gasteiger partial charge in [-0.1, -0.05) is 26.7 Å². The number of hydrogen-bond donors (Lipinski definition) is 1. The van der Waals surface area contributed by atoms with Gasteiger partial charge in [-0.2, -0.15) is 5.26 Å². The maximum Gasteiger partial charge on any atom is 0.106 e. The lowest BCUT2D eigenvalue weighted by Crippen LogP contribution is -2.48. The molecule has 1 aliphatic heterocycles. The molecule has 0 aromatic rings. The van der Waals surface area contributed by atoms with Crippen LogP contribution in [0.1, 0.15) is 71.6 Å². The predicted octanol–water partition coefficient (Wildman–Crippen LogP) is 3.70. The Hall–Kier alpha value is -0.590. The monoisotopic (exact) mass is 291 g/mol. The van der Waals surface area contributed by atoms with Crippen molar-refractivity contribution in [3.05, 3.63) is 0 Å². The lowest BCUT2D eigenvalue weighted by Gasteiger charge is -2.44. The molecule has 1 saturated heterocycles. The third-order valence-corrected chi connectivity index (χ3v) is 5.74. The molecule has 1 N–H and O–H groups in total. The van der Waals surface area contributed by atoms with Gasteiger partial charge in [0.15, 0.2) is 0 Å². The van der Waals surface area contributed by atoms with Gasteiger partial charge >= 0.3 is 0 Å². The molecule has 1 unspecified atom stereocenters. The van der Waals surface area contributed by atoms with Gasteiger partial charge in [-0.25, -0.2) is 0 Å². The molecule has 1 heterocycles. The van der Waals surface area contributed by atoms with Crippen LogP contribution in [0, 0.1) is 17.2 Å². The Balaban J connectivity index is 1.83. The summed E-state index contributed by atoms with van der Waals surface area (Å²) in [4.78, 5) is 2.75. The topological polar surface area (TPSA) is 39.1 Å². The number of piperidine rings is 1. The highest BCUT2D eigenvalue weighted by Crippen LogP contribution is 2.35. The molecular weight excluding hydrogens is 258 g/mol. The van der Waals surface area contributed by atoms with Crippen LogP contribution < -0.4 is 5.32 Å². The van der Waals surface area contributed by atoms with Crippen LogP contribution in [0.15, 0.2) is 0 Å². The molecule has 120 valence electrons. The first-order valence-corrected chi connectivity index (χ1v) is 9.15. The van der Waals surface area contributed by atoms with Crippen molar-refractivity contribution < 1.29 is 0 Å². The number of likely N-dealkylation sites (tertiary alicyclic amines) is 1. The SMILES string of the molecule is CCNC(C#N)(CC)CCCN1CCC[C@H]2CCCC[C@H]21. The summed E-state index contributed by atoms with van der Waals surface area (Å²) < 4.78 is 0. The van der Waals surface area contributed by atoms with Crippen LogP contribution in [0.25, 0.3) is 0 Å². The normalized spacial score (nSPS) is 29.4. The van der Waals surface area contributed by atoms with Crippen LogP contribution in [0.3, 0.4) is 0 Å². The second-order valence-corrected chi connectivity index (χ2v) is 6.97. The molecule has 3 nitrogen and oxygen atoms in total. The largest absolute Gasteiger partial charge is 0.300 e. The second-order valence-electron chi connectivity index (χ2n) is 6.97. The average molecular weight is 291 g/mol. The molecule has 0 radical (unpaired) electrons. The summed E-state index contributed by atoms with van der Waals surface area (Å²) in [7, 11) is 0. The van der Waals surface area contributed by atoms with Crippen molar-refractivity contribution in [2.75, 3.05) is 19.6 Å². The zero-order valence-corrected chi connectivity index (χ0v) is 14.0. The fourth-order valence-corrected chi connectivity index (χ4v) is 4.49. The quantitative estimate of drug-likeness (QED) is 0.777. The third-order valence-electron chi connectivity index (χ3n) is 5.74. The number of hydrogen-bond acceptors (Lipinski definition) is 3. The van der Waals surface area contributed by atoms with E-state index in [0.29, 0.717) is 0 Å². The second kappa shape index (κ2) is 8.15. The molecule has 3 atom stereocenters. The van der Waals surface area contributed by atoms with Crippen molar-refractivity contribution in [2.24, 2.45) is 5.92 Å². The Morgan fingerprint density at radius 1 is 1.19 bits per heavy atom. The smallest absolute Gasteiger partial charge is 0.106 e. The maximum atomic E-state index is 9.51. The fourth-order valence-electron chi connectivity index (χ4n) is 4.49. The van der Waals surface area contributed by atoms with Crippen molar-refractivity contribution in [1.29, 1.82) is 5.26 Å². The summed E-state index contributed by atoms with van der Waals surface area (Å²) in [6.07, 6.45) is 11.6. The molecule has 0 amide bonds. The molecule has 1 aliphatic carbocycles. The maximum absolute atomic E-state index is 9.51. The standard InChI is InChI=1S/C18H33N3/c1-3-18(15-19,20-4-2)12-8-14-21-13-7-10-16-9-5-6-11-17(16)21/h16-17,20H,3-14H2,1-2H3/t16-,17-,18?/m1/s1. The number of nitriles is 1. The van der Waals surface area contributed by atoms with E-state index in [1.54, 1.807) is 0 Å². The minimum absolute atomic E-state index is 0.295. The van der Waals surface area contributed by atoms with Crippen molar-refractivity contribution in [1.82, 2.24) is 10.2 Å². The Bertz CT molecular complexity index is 347. The zero-order valence-electron chi connectivity index (χ0n) is 14.0. The lowest BCUT2D eigenvalue weighted by molar-refractivity contribution is 0.0583. The molecule has 2 fully saturated rings.